The number of nitrogens with zero attached hydrogens (tertiary/aromatic N) is 2. The van der Waals surface area contributed by atoms with Crippen molar-refractivity contribution in [2.24, 2.45) is 0 Å². The zero-order valence-corrected chi connectivity index (χ0v) is 13.3. The number of esters is 1. The fraction of sp³-hybridized carbons (Fsp3) is 0.235. The lowest BCUT2D eigenvalue weighted by Crippen LogP contribution is -2.33. The van der Waals surface area contributed by atoms with E-state index >= 15 is 0 Å². The number of aromatic nitrogens is 1. The molecule has 0 bridgehead atoms. The van der Waals surface area contributed by atoms with E-state index in [9.17, 15) is 22.8 Å². The molecule has 0 atom stereocenters. The van der Waals surface area contributed by atoms with Gasteiger partial charge in [0.05, 0.1) is 19.1 Å². The second-order valence-electron chi connectivity index (χ2n) is 5.13. The van der Waals surface area contributed by atoms with E-state index in [1.54, 1.807) is 12.1 Å². The molecule has 0 N–H and O–H groups in total. The van der Waals surface area contributed by atoms with Crippen LogP contribution in [-0.4, -0.2) is 35.4 Å². The van der Waals surface area contributed by atoms with Gasteiger partial charge in [-0.15, -0.1) is 0 Å². The smallest absolute Gasteiger partial charge is 0.307 e. The van der Waals surface area contributed by atoms with Crippen molar-refractivity contribution >= 4 is 11.9 Å². The molecule has 2 aromatic rings. The molecule has 1 aromatic carbocycles. The van der Waals surface area contributed by atoms with Crippen molar-refractivity contribution in [2.75, 3.05) is 13.7 Å². The summed E-state index contributed by atoms with van der Waals surface area (Å²) in [6, 6.07) is 4.82. The fourth-order valence-corrected chi connectivity index (χ4v) is 2.15. The standard InChI is InChI=1S/C17H15F3N2O3/c1-25-14(23)6-9-22(10-11-4-7-21-8-5-11)17(24)12-2-3-13(18)16(20)15(12)19/h2-5,7-8H,6,9-10H2,1H3. The van der Waals surface area contributed by atoms with Gasteiger partial charge in [-0.1, -0.05) is 0 Å². The van der Waals surface area contributed by atoms with E-state index < -0.39 is 34.9 Å². The minimum Gasteiger partial charge on any atom is -0.469 e. The summed E-state index contributed by atoms with van der Waals surface area (Å²) >= 11 is 0. The van der Waals surface area contributed by atoms with Crippen LogP contribution < -0.4 is 0 Å². The molecule has 0 aliphatic heterocycles. The highest BCUT2D eigenvalue weighted by Crippen LogP contribution is 2.18. The molecule has 1 aromatic heterocycles. The Labute approximate surface area is 142 Å². The van der Waals surface area contributed by atoms with Crippen LogP contribution in [0, 0.1) is 17.5 Å². The molecule has 5 nitrogen and oxygen atoms in total. The number of halogens is 3. The van der Waals surface area contributed by atoms with E-state index in [1.165, 1.54) is 19.5 Å². The van der Waals surface area contributed by atoms with E-state index in [1.807, 2.05) is 0 Å². The van der Waals surface area contributed by atoms with Gasteiger partial charge in [-0.25, -0.2) is 13.2 Å². The molecule has 1 amide bonds. The first-order chi connectivity index (χ1) is 11.9. The Morgan fingerprint density at radius 3 is 2.40 bits per heavy atom. The van der Waals surface area contributed by atoms with Crippen molar-refractivity contribution in [1.82, 2.24) is 9.88 Å². The van der Waals surface area contributed by atoms with Crippen molar-refractivity contribution in [3.63, 3.8) is 0 Å². The number of methoxy groups -OCH3 is 1. The summed E-state index contributed by atoms with van der Waals surface area (Å²) in [5, 5.41) is 0. The van der Waals surface area contributed by atoms with Crippen molar-refractivity contribution in [3.05, 3.63) is 65.2 Å². The predicted molar refractivity (Wildman–Crippen MR) is 81.9 cm³/mol. The van der Waals surface area contributed by atoms with Crippen LogP contribution in [0.25, 0.3) is 0 Å². The first kappa shape index (κ1) is 18.4. The molecule has 0 aliphatic rings. The highest BCUT2D eigenvalue weighted by atomic mass is 19.2. The van der Waals surface area contributed by atoms with Gasteiger partial charge in [0.2, 0.25) is 0 Å². The van der Waals surface area contributed by atoms with Gasteiger partial charge in [-0.2, -0.15) is 0 Å². The molecule has 0 saturated heterocycles. The Bertz CT molecular complexity index is 769. The Morgan fingerprint density at radius 2 is 1.76 bits per heavy atom. The largest absolute Gasteiger partial charge is 0.469 e. The highest BCUT2D eigenvalue weighted by Gasteiger charge is 2.24. The monoisotopic (exact) mass is 352 g/mol. The Kier molecular flexibility index (Phi) is 6.10. The van der Waals surface area contributed by atoms with Gasteiger partial charge in [0.25, 0.3) is 5.91 Å². The zero-order chi connectivity index (χ0) is 18.4. The summed E-state index contributed by atoms with van der Waals surface area (Å²) in [7, 11) is 1.20. The lowest BCUT2D eigenvalue weighted by atomic mass is 10.1. The third-order valence-corrected chi connectivity index (χ3v) is 3.49. The molecule has 0 fully saturated rings. The van der Waals surface area contributed by atoms with Crippen LogP contribution in [0.2, 0.25) is 0 Å². The van der Waals surface area contributed by atoms with Crippen LogP contribution in [-0.2, 0) is 16.1 Å². The third-order valence-electron chi connectivity index (χ3n) is 3.49. The fourth-order valence-electron chi connectivity index (χ4n) is 2.15. The molecule has 132 valence electrons. The molecule has 2 rings (SSSR count). The van der Waals surface area contributed by atoms with Gasteiger partial charge in [0.1, 0.15) is 0 Å². The van der Waals surface area contributed by atoms with Gasteiger partial charge >= 0.3 is 5.97 Å². The number of hydrogen-bond acceptors (Lipinski definition) is 4. The first-order valence-corrected chi connectivity index (χ1v) is 7.32. The summed E-state index contributed by atoms with van der Waals surface area (Å²) in [5.74, 6) is -6.09. The molecule has 0 spiro atoms. The average molecular weight is 352 g/mol. The van der Waals surface area contributed by atoms with Crippen LogP contribution in [0.3, 0.4) is 0 Å². The van der Waals surface area contributed by atoms with Gasteiger partial charge in [0.15, 0.2) is 17.5 Å². The number of ether oxygens (including phenoxy) is 1. The predicted octanol–water partition coefficient (Wildman–Crippen LogP) is 2.70. The minimum atomic E-state index is -1.72. The maximum absolute atomic E-state index is 13.9. The van der Waals surface area contributed by atoms with Crippen LogP contribution >= 0.6 is 0 Å². The Hall–Kier alpha value is -2.90. The number of benzene rings is 1. The third kappa shape index (κ3) is 4.56. The summed E-state index contributed by atoms with van der Waals surface area (Å²) in [4.78, 5) is 28.9. The van der Waals surface area contributed by atoms with Crippen LogP contribution in [0.15, 0.2) is 36.7 Å². The van der Waals surface area contributed by atoms with E-state index in [0.29, 0.717) is 11.6 Å². The van der Waals surface area contributed by atoms with Crippen molar-refractivity contribution in [1.29, 1.82) is 0 Å². The maximum atomic E-state index is 13.9. The number of carbonyl (C=O) groups is 2. The molecule has 0 aliphatic carbocycles. The SMILES string of the molecule is COC(=O)CCN(Cc1ccncc1)C(=O)c1ccc(F)c(F)c1F. The van der Waals surface area contributed by atoms with Crippen molar-refractivity contribution in [3.8, 4) is 0 Å². The van der Waals surface area contributed by atoms with Crippen molar-refractivity contribution < 1.29 is 27.5 Å². The van der Waals surface area contributed by atoms with Gasteiger partial charge in [-0.05, 0) is 29.8 Å². The topological polar surface area (TPSA) is 59.5 Å². The summed E-state index contributed by atoms with van der Waals surface area (Å²) in [6.07, 6.45) is 2.89. The summed E-state index contributed by atoms with van der Waals surface area (Å²) in [5.41, 5.74) is 0.0639. The number of hydrogen-bond donors (Lipinski definition) is 0. The van der Waals surface area contributed by atoms with Crippen molar-refractivity contribution in [2.45, 2.75) is 13.0 Å². The lowest BCUT2D eigenvalue weighted by molar-refractivity contribution is -0.140. The normalized spacial score (nSPS) is 10.4. The van der Waals surface area contributed by atoms with E-state index in [0.717, 1.165) is 11.0 Å². The average Bonchev–Trinajstić information content (AvgIpc) is 2.63. The second kappa shape index (κ2) is 8.27. The number of carbonyl (C=O) groups excluding carboxylic acids is 2. The number of pyridine rings is 1. The summed E-state index contributed by atoms with van der Waals surface area (Å²) in [6.45, 7) is -0.0386. The van der Waals surface area contributed by atoms with Gasteiger partial charge < -0.3 is 9.64 Å². The van der Waals surface area contributed by atoms with Gasteiger partial charge in [0, 0.05) is 25.5 Å². The minimum absolute atomic E-state index is 0.0385. The van der Waals surface area contributed by atoms with E-state index in [4.69, 9.17) is 0 Å². The molecule has 8 heteroatoms. The van der Waals surface area contributed by atoms with Gasteiger partial charge in [-0.3, -0.25) is 14.6 Å². The first-order valence-electron chi connectivity index (χ1n) is 7.32. The zero-order valence-electron chi connectivity index (χ0n) is 13.3. The molecule has 0 saturated carbocycles. The molecule has 25 heavy (non-hydrogen) atoms. The molecular weight excluding hydrogens is 337 g/mol. The van der Waals surface area contributed by atoms with Crippen LogP contribution in [0.5, 0.6) is 0 Å². The lowest BCUT2D eigenvalue weighted by Gasteiger charge is -2.23. The second-order valence-corrected chi connectivity index (χ2v) is 5.13. The van der Waals surface area contributed by atoms with E-state index in [-0.39, 0.29) is 19.5 Å². The summed E-state index contributed by atoms with van der Waals surface area (Å²) < 4.78 is 44.9. The maximum Gasteiger partial charge on any atom is 0.307 e. The number of amides is 1. The Morgan fingerprint density at radius 1 is 1.08 bits per heavy atom. The van der Waals surface area contributed by atoms with Crippen LogP contribution in [0.4, 0.5) is 13.2 Å². The molecule has 0 radical (unpaired) electrons. The van der Waals surface area contributed by atoms with Crippen LogP contribution in [0.1, 0.15) is 22.3 Å². The van der Waals surface area contributed by atoms with E-state index in [2.05, 4.69) is 9.72 Å². The number of rotatable bonds is 6. The quantitative estimate of drug-likeness (QED) is 0.592. The highest BCUT2D eigenvalue weighted by molar-refractivity contribution is 5.94. The molecule has 0 unspecified atom stereocenters. The molecule has 1 heterocycles. The Balaban J connectivity index is 2.28. The molecular formula is C17H15F3N2O3.